The summed E-state index contributed by atoms with van der Waals surface area (Å²) in [5.74, 6) is 1.65. The SMILES string of the molecule is Cc1c(CS(C)=O)cccc1NC(=O)CC(C)C1CCNCC1. The van der Waals surface area contributed by atoms with E-state index in [4.69, 9.17) is 0 Å². The molecular formula is C18H28N2O2S. The highest BCUT2D eigenvalue weighted by atomic mass is 32.2. The lowest BCUT2D eigenvalue weighted by Crippen LogP contribution is -2.32. The van der Waals surface area contributed by atoms with Gasteiger partial charge in [-0.1, -0.05) is 19.1 Å². The molecule has 5 heteroatoms. The molecule has 0 bridgehead atoms. The minimum Gasteiger partial charge on any atom is -0.326 e. The number of carbonyl (C=O) groups excluding carboxylic acids is 1. The lowest BCUT2D eigenvalue weighted by atomic mass is 9.84. The van der Waals surface area contributed by atoms with Crippen LogP contribution < -0.4 is 10.6 Å². The van der Waals surface area contributed by atoms with Crippen molar-refractivity contribution in [3.05, 3.63) is 29.3 Å². The van der Waals surface area contributed by atoms with E-state index in [0.717, 1.165) is 42.7 Å². The summed E-state index contributed by atoms with van der Waals surface area (Å²) in [6.45, 7) is 6.28. The summed E-state index contributed by atoms with van der Waals surface area (Å²) in [6.07, 6.45) is 4.58. The first-order valence-corrected chi connectivity index (χ1v) is 10.1. The zero-order valence-electron chi connectivity index (χ0n) is 14.4. The molecule has 1 aromatic carbocycles. The molecule has 1 aromatic rings. The molecule has 2 rings (SSSR count). The van der Waals surface area contributed by atoms with Crippen LogP contribution in [-0.2, 0) is 21.3 Å². The Bertz CT molecular complexity index is 568. The van der Waals surface area contributed by atoms with Gasteiger partial charge in [-0.3, -0.25) is 9.00 Å². The first-order valence-electron chi connectivity index (χ1n) is 8.36. The van der Waals surface area contributed by atoms with Crippen molar-refractivity contribution in [2.75, 3.05) is 24.7 Å². The standard InChI is InChI=1S/C18H28N2O2S/c1-13(15-7-9-19-10-8-15)11-18(21)20-17-6-4-5-16(14(17)2)12-23(3)22/h4-6,13,15,19H,7-12H2,1-3H3,(H,20,21). The lowest BCUT2D eigenvalue weighted by Gasteiger charge is -2.28. The summed E-state index contributed by atoms with van der Waals surface area (Å²) in [5, 5.41) is 6.41. The Morgan fingerprint density at radius 3 is 2.74 bits per heavy atom. The molecule has 1 aliphatic rings. The lowest BCUT2D eigenvalue weighted by molar-refractivity contribution is -0.117. The van der Waals surface area contributed by atoms with Crippen molar-refractivity contribution < 1.29 is 9.00 Å². The molecule has 0 saturated carbocycles. The van der Waals surface area contributed by atoms with Gasteiger partial charge in [0.15, 0.2) is 0 Å². The molecule has 1 saturated heterocycles. The van der Waals surface area contributed by atoms with Gasteiger partial charge in [0.25, 0.3) is 0 Å². The maximum absolute atomic E-state index is 12.4. The Morgan fingerprint density at radius 2 is 2.09 bits per heavy atom. The van der Waals surface area contributed by atoms with Gasteiger partial charge in [-0.15, -0.1) is 0 Å². The molecule has 0 radical (unpaired) electrons. The van der Waals surface area contributed by atoms with Crippen molar-refractivity contribution in [1.29, 1.82) is 0 Å². The van der Waals surface area contributed by atoms with E-state index >= 15 is 0 Å². The van der Waals surface area contributed by atoms with Gasteiger partial charge in [-0.05, 0) is 61.9 Å². The summed E-state index contributed by atoms with van der Waals surface area (Å²) in [6, 6.07) is 5.82. The van der Waals surface area contributed by atoms with Gasteiger partial charge in [0, 0.05) is 34.9 Å². The van der Waals surface area contributed by atoms with Crippen LogP contribution in [0.5, 0.6) is 0 Å². The molecular weight excluding hydrogens is 308 g/mol. The minimum atomic E-state index is -0.879. The second kappa shape index (κ2) is 8.60. The highest BCUT2D eigenvalue weighted by Crippen LogP contribution is 2.25. The number of rotatable bonds is 6. The first-order chi connectivity index (χ1) is 11.0. The molecule has 0 spiro atoms. The normalized spacial score (nSPS) is 18.4. The minimum absolute atomic E-state index is 0.0777. The molecule has 1 aliphatic heterocycles. The fraction of sp³-hybridized carbons (Fsp3) is 0.611. The van der Waals surface area contributed by atoms with Gasteiger partial charge >= 0.3 is 0 Å². The van der Waals surface area contributed by atoms with Crippen molar-refractivity contribution in [1.82, 2.24) is 5.32 Å². The van der Waals surface area contributed by atoms with Crippen LogP contribution >= 0.6 is 0 Å². The molecule has 128 valence electrons. The van der Waals surface area contributed by atoms with Crippen molar-refractivity contribution in [2.24, 2.45) is 11.8 Å². The molecule has 0 aromatic heterocycles. The van der Waals surface area contributed by atoms with Crippen molar-refractivity contribution >= 4 is 22.4 Å². The van der Waals surface area contributed by atoms with Gasteiger partial charge in [0.2, 0.25) is 5.91 Å². The van der Waals surface area contributed by atoms with E-state index < -0.39 is 10.8 Å². The van der Waals surface area contributed by atoms with E-state index in [1.54, 1.807) is 6.26 Å². The smallest absolute Gasteiger partial charge is 0.224 e. The average Bonchev–Trinajstić information content (AvgIpc) is 2.51. The van der Waals surface area contributed by atoms with Gasteiger partial charge in [0.1, 0.15) is 0 Å². The van der Waals surface area contributed by atoms with Gasteiger partial charge in [0.05, 0.1) is 0 Å². The number of carbonyl (C=O) groups is 1. The van der Waals surface area contributed by atoms with Gasteiger partial charge in [-0.25, -0.2) is 0 Å². The Morgan fingerprint density at radius 1 is 1.39 bits per heavy atom. The number of benzene rings is 1. The second-order valence-electron chi connectivity index (χ2n) is 6.62. The Labute approximate surface area is 141 Å². The summed E-state index contributed by atoms with van der Waals surface area (Å²) in [5.41, 5.74) is 2.90. The summed E-state index contributed by atoms with van der Waals surface area (Å²) < 4.78 is 11.4. The predicted octanol–water partition coefficient (Wildman–Crippen LogP) is 2.84. The average molecular weight is 337 g/mol. The zero-order valence-corrected chi connectivity index (χ0v) is 15.2. The molecule has 1 heterocycles. The third-order valence-corrected chi connectivity index (χ3v) is 5.49. The second-order valence-corrected chi connectivity index (χ2v) is 8.06. The fourth-order valence-electron chi connectivity index (χ4n) is 3.27. The highest BCUT2D eigenvalue weighted by Gasteiger charge is 2.22. The van der Waals surface area contributed by atoms with Gasteiger partial charge in [-0.2, -0.15) is 0 Å². The van der Waals surface area contributed by atoms with E-state index in [1.165, 1.54) is 0 Å². The predicted molar refractivity (Wildman–Crippen MR) is 97.0 cm³/mol. The first kappa shape index (κ1) is 18.1. The number of hydrogen-bond acceptors (Lipinski definition) is 3. The molecule has 2 unspecified atom stereocenters. The number of piperidine rings is 1. The van der Waals surface area contributed by atoms with Crippen LogP contribution in [0.3, 0.4) is 0 Å². The summed E-state index contributed by atoms with van der Waals surface area (Å²) in [4.78, 5) is 12.4. The largest absolute Gasteiger partial charge is 0.326 e. The topological polar surface area (TPSA) is 58.2 Å². The highest BCUT2D eigenvalue weighted by molar-refractivity contribution is 7.83. The van der Waals surface area contributed by atoms with E-state index in [-0.39, 0.29) is 5.91 Å². The van der Waals surface area contributed by atoms with Crippen LogP contribution in [0, 0.1) is 18.8 Å². The summed E-state index contributed by atoms with van der Waals surface area (Å²) in [7, 11) is -0.879. The van der Waals surface area contributed by atoms with Crippen LogP contribution in [0.4, 0.5) is 5.69 Å². The number of amides is 1. The third-order valence-electron chi connectivity index (χ3n) is 4.77. The maximum atomic E-state index is 12.4. The van der Waals surface area contributed by atoms with E-state index in [1.807, 2.05) is 25.1 Å². The Kier molecular flexibility index (Phi) is 6.78. The quantitative estimate of drug-likeness (QED) is 0.840. The molecule has 2 N–H and O–H groups in total. The molecule has 1 fully saturated rings. The molecule has 1 amide bonds. The van der Waals surface area contributed by atoms with Gasteiger partial charge < -0.3 is 10.6 Å². The van der Waals surface area contributed by atoms with E-state index in [2.05, 4.69) is 17.6 Å². The van der Waals surface area contributed by atoms with Crippen LogP contribution in [-0.4, -0.2) is 29.5 Å². The Balaban J connectivity index is 1.95. The van der Waals surface area contributed by atoms with Crippen LogP contribution in [0.2, 0.25) is 0 Å². The van der Waals surface area contributed by atoms with Crippen molar-refractivity contribution in [3.8, 4) is 0 Å². The maximum Gasteiger partial charge on any atom is 0.224 e. The fourth-order valence-corrected chi connectivity index (χ4v) is 4.02. The molecule has 0 aliphatic carbocycles. The Hall–Kier alpha value is -1.20. The van der Waals surface area contributed by atoms with Crippen LogP contribution in [0.15, 0.2) is 18.2 Å². The zero-order chi connectivity index (χ0) is 16.8. The monoisotopic (exact) mass is 336 g/mol. The third kappa shape index (κ3) is 5.43. The number of hydrogen-bond donors (Lipinski definition) is 2. The summed E-state index contributed by atoms with van der Waals surface area (Å²) >= 11 is 0. The number of nitrogens with one attached hydrogen (secondary N) is 2. The van der Waals surface area contributed by atoms with Crippen molar-refractivity contribution in [2.45, 2.75) is 38.9 Å². The van der Waals surface area contributed by atoms with Crippen LogP contribution in [0.1, 0.15) is 37.3 Å². The van der Waals surface area contributed by atoms with Crippen LogP contribution in [0.25, 0.3) is 0 Å². The molecule has 4 nitrogen and oxygen atoms in total. The molecule has 2 atom stereocenters. The number of anilines is 1. The van der Waals surface area contributed by atoms with E-state index in [0.29, 0.717) is 24.0 Å². The van der Waals surface area contributed by atoms with E-state index in [9.17, 15) is 9.00 Å². The molecule has 23 heavy (non-hydrogen) atoms. The van der Waals surface area contributed by atoms with Crippen molar-refractivity contribution in [3.63, 3.8) is 0 Å².